The van der Waals surface area contributed by atoms with Crippen molar-refractivity contribution in [3.8, 4) is 0 Å². The minimum atomic E-state index is -0.316. The summed E-state index contributed by atoms with van der Waals surface area (Å²) in [7, 11) is 0. The van der Waals surface area contributed by atoms with Crippen molar-refractivity contribution >= 4 is 6.03 Å². The molecule has 0 N–H and O–H groups in total. The van der Waals surface area contributed by atoms with Gasteiger partial charge in [-0.1, -0.05) is 0 Å². The van der Waals surface area contributed by atoms with Gasteiger partial charge in [-0.3, -0.25) is 0 Å². The first-order valence-corrected chi connectivity index (χ1v) is 8.49. The highest BCUT2D eigenvalue weighted by Gasteiger charge is 2.31. The molecule has 0 aliphatic carbocycles. The number of carbonyl (C=O) groups is 1. The normalized spacial score (nSPS) is 31.2. The zero-order chi connectivity index (χ0) is 15.2. The Labute approximate surface area is 131 Å². The summed E-state index contributed by atoms with van der Waals surface area (Å²) in [6.07, 6.45) is 7.07. The molecule has 3 heterocycles. The molecule has 3 aliphatic heterocycles. The van der Waals surface area contributed by atoms with Crippen molar-refractivity contribution in [1.82, 2.24) is 10.1 Å². The van der Waals surface area contributed by atoms with Gasteiger partial charge in [0, 0.05) is 26.1 Å². The number of nitrogens with zero attached hydrogens (tertiary/aromatic N) is 2. The van der Waals surface area contributed by atoms with E-state index in [9.17, 15) is 4.79 Å². The minimum absolute atomic E-state index is 0.249. The third kappa shape index (κ3) is 4.32. The molecule has 0 aromatic carbocycles. The van der Waals surface area contributed by atoms with Gasteiger partial charge in [0.2, 0.25) is 0 Å². The number of hydrogen-bond acceptors (Lipinski definition) is 5. The zero-order valence-electron chi connectivity index (χ0n) is 13.1. The highest BCUT2D eigenvalue weighted by molar-refractivity contribution is 5.72. The van der Waals surface area contributed by atoms with Crippen LogP contribution in [0.2, 0.25) is 0 Å². The lowest BCUT2D eigenvalue weighted by Gasteiger charge is -2.32. The molecule has 126 valence electrons. The third-order valence-electron chi connectivity index (χ3n) is 4.16. The second kappa shape index (κ2) is 8.10. The van der Waals surface area contributed by atoms with E-state index in [-0.39, 0.29) is 18.6 Å². The second-order valence-electron chi connectivity index (χ2n) is 6.00. The molecule has 7 nitrogen and oxygen atoms in total. The van der Waals surface area contributed by atoms with Gasteiger partial charge < -0.3 is 9.47 Å². The van der Waals surface area contributed by atoms with E-state index in [1.807, 2.05) is 0 Å². The van der Waals surface area contributed by atoms with Gasteiger partial charge in [0.05, 0.1) is 13.1 Å². The van der Waals surface area contributed by atoms with Crippen LogP contribution in [0, 0.1) is 0 Å². The molecule has 2 unspecified atom stereocenters. The maximum Gasteiger partial charge on any atom is 0.368 e. The molecule has 2 amide bonds. The lowest BCUT2D eigenvalue weighted by Crippen LogP contribution is -2.46. The molecule has 7 heteroatoms. The first kappa shape index (κ1) is 16.0. The van der Waals surface area contributed by atoms with Crippen LogP contribution in [0.5, 0.6) is 0 Å². The fourth-order valence-electron chi connectivity index (χ4n) is 2.89. The fraction of sp³-hybridized carbons (Fsp3) is 0.933. The molecular formula is C15H26N2O5. The van der Waals surface area contributed by atoms with Crippen LogP contribution in [0.25, 0.3) is 0 Å². The van der Waals surface area contributed by atoms with Gasteiger partial charge in [-0.2, -0.15) is 10.1 Å². The summed E-state index contributed by atoms with van der Waals surface area (Å²) in [5.41, 5.74) is 0. The Morgan fingerprint density at radius 1 is 0.773 bits per heavy atom. The highest BCUT2D eigenvalue weighted by atomic mass is 16.8. The molecule has 3 fully saturated rings. The Morgan fingerprint density at radius 2 is 1.27 bits per heavy atom. The van der Waals surface area contributed by atoms with Crippen LogP contribution in [-0.4, -0.2) is 55.0 Å². The highest BCUT2D eigenvalue weighted by Crippen LogP contribution is 2.21. The van der Waals surface area contributed by atoms with Crippen molar-refractivity contribution < 1.29 is 23.9 Å². The van der Waals surface area contributed by atoms with Gasteiger partial charge in [-0.05, 0) is 38.5 Å². The molecule has 0 spiro atoms. The SMILES string of the molecule is O=C1N(OC2CCCCO2)CCCCN1OC1CCCCO1. The number of ether oxygens (including phenoxy) is 2. The topological polar surface area (TPSA) is 60.5 Å². The summed E-state index contributed by atoms with van der Waals surface area (Å²) in [5, 5.41) is 2.79. The molecule has 0 bridgehead atoms. The lowest BCUT2D eigenvalue weighted by molar-refractivity contribution is -0.297. The Hall–Kier alpha value is -0.890. The Balaban J connectivity index is 1.54. The Morgan fingerprint density at radius 3 is 1.68 bits per heavy atom. The van der Waals surface area contributed by atoms with E-state index in [2.05, 4.69) is 0 Å². The van der Waals surface area contributed by atoms with Gasteiger partial charge in [-0.25, -0.2) is 14.5 Å². The Kier molecular flexibility index (Phi) is 5.89. The maximum absolute atomic E-state index is 12.6. The van der Waals surface area contributed by atoms with Gasteiger partial charge in [0.25, 0.3) is 0 Å². The average Bonchev–Trinajstić information content (AvgIpc) is 2.73. The number of urea groups is 1. The van der Waals surface area contributed by atoms with Crippen molar-refractivity contribution in [3.05, 3.63) is 0 Å². The van der Waals surface area contributed by atoms with E-state index in [1.165, 1.54) is 10.1 Å². The van der Waals surface area contributed by atoms with Crippen LogP contribution >= 0.6 is 0 Å². The largest absolute Gasteiger partial charge is 0.368 e. The summed E-state index contributed by atoms with van der Waals surface area (Å²) in [6.45, 7) is 2.54. The summed E-state index contributed by atoms with van der Waals surface area (Å²) >= 11 is 0. The van der Waals surface area contributed by atoms with Gasteiger partial charge in [0.1, 0.15) is 0 Å². The van der Waals surface area contributed by atoms with E-state index in [0.717, 1.165) is 51.4 Å². The number of rotatable bonds is 4. The summed E-state index contributed by atoms with van der Waals surface area (Å²) in [4.78, 5) is 24.1. The van der Waals surface area contributed by atoms with Crippen molar-refractivity contribution in [2.45, 2.75) is 63.9 Å². The van der Waals surface area contributed by atoms with E-state index in [0.29, 0.717) is 26.3 Å². The molecule has 3 aliphatic rings. The van der Waals surface area contributed by atoms with Crippen molar-refractivity contribution in [1.29, 1.82) is 0 Å². The number of hydrogen-bond donors (Lipinski definition) is 0. The lowest BCUT2D eigenvalue weighted by atomic mass is 10.2. The average molecular weight is 314 g/mol. The number of carbonyl (C=O) groups excluding carboxylic acids is 1. The van der Waals surface area contributed by atoms with Crippen LogP contribution < -0.4 is 0 Å². The molecule has 3 rings (SSSR count). The van der Waals surface area contributed by atoms with Gasteiger partial charge in [0.15, 0.2) is 12.6 Å². The maximum atomic E-state index is 12.6. The first-order chi connectivity index (χ1) is 10.8. The molecule has 2 atom stereocenters. The van der Waals surface area contributed by atoms with Crippen molar-refractivity contribution in [2.24, 2.45) is 0 Å². The predicted octanol–water partition coefficient (Wildman–Crippen LogP) is 2.42. The predicted molar refractivity (Wildman–Crippen MR) is 77.4 cm³/mol. The quantitative estimate of drug-likeness (QED) is 0.797. The summed E-state index contributed by atoms with van der Waals surface area (Å²) in [5.74, 6) is 0. The molecule has 0 saturated carbocycles. The molecule has 22 heavy (non-hydrogen) atoms. The van der Waals surface area contributed by atoms with Gasteiger partial charge >= 0.3 is 6.03 Å². The van der Waals surface area contributed by atoms with Crippen molar-refractivity contribution in [3.63, 3.8) is 0 Å². The molecular weight excluding hydrogens is 288 g/mol. The van der Waals surface area contributed by atoms with Crippen LogP contribution in [0.4, 0.5) is 4.79 Å². The zero-order valence-corrected chi connectivity index (χ0v) is 13.1. The van der Waals surface area contributed by atoms with E-state index in [1.54, 1.807) is 0 Å². The van der Waals surface area contributed by atoms with Crippen LogP contribution in [0.15, 0.2) is 0 Å². The second-order valence-corrected chi connectivity index (χ2v) is 6.00. The first-order valence-electron chi connectivity index (χ1n) is 8.49. The number of amides is 2. The molecule has 3 saturated heterocycles. The summed E-state index contributed by atoms with van der Waals surface area (Å²) < 4.78 is 11.1. The van der Waals surface area contributed by atoms with Crippen LogP contribution in [-0.2, 0) is 19.1 Å². The fourth-order valence-corrected chi connectivity index (χ4v) is 2.89. The van der Waals surface area contributed by atoms with E-state index in [4.69, 9.17) is 19.1 Å². The molecule has 0 aromatic rings. The van der Waals surface area contributed by atoms with Crippen LogP contribution in [0.3, 0.4) is 0 Å². The smallest absolute Gasteiger partial charge is 0.350 e. The van der Waals surface area contributed by atoms with E-state index < -0.39 is 0 Å². The van der Waals surface area contributed by atoms with Crippen molar-refractivity contribution in [2.75, 3.05) is 26.3 Å². The minimum Gasteiger partial charge on any atom is -0.350 e. The third-order valence-corrected chi connectivity index (χ3v) is 4.16. The van der Waals surface area contributed by atoms with Gasteiger partial charge in [-0.15, -0.1) is 0 Å². The van der Waals surface area contributed by atoms with E-state index >= 15 is 0 Å². The standard InChI is InChI=1S/C15H26N2O5/c18-15-16(21-13-7-1-5-11-19-13)9-3-4-10-17(15)22-14-8-2-6-12-20-14/h13-14H,1-12H2. The monoisotopic (exact) mass is 314 g/mol. The molecule has 0 radical (unpaired) electrons. The molecule has 0 aromatic heterocycles. The van der Waals surface area contributed by atoms with Crippen LogP contribution in [0.1, 0.15) is 51.4 Å². The Bertz CT molecular complexity index is 324. The summed E-state index contributed by atoms with van der Waals surface area (Å²) in [6, 6.07) is -0.249. The number of hydroxylamine groups is 4.